The highest BCUT2D eigenvalue weighted by Gasteiger charge is 2.02. The standard InChI is InChI=1S/C19H32N2O/c1-2-3-4-5-6-7-8-9-10-11-12-19(22)21-18-15-13-17(20)14-16-18/h13-16H,2-12,20H2,1H3,(H,21,22). The first kappa shape index (κ1) is 18.5. The zero-order valence-electron chi connectivity index (χ0n) is 14.1. The van der Waals surface area contributed by atoms with Crippen molar-refractivity contribution in [1.82, 2.24) is 0 Å². The van der Waals surface area contributed by atoms with Crippen molar-refractivity contribution in [3.8, 4) is 0 Å². The van der Waals surface area contributed by atoms with Crippen LogP contribution in [-0.4, -0.2) is 5.91 Å². The molecule has 0 radical (unpaired) electrons. The smallest absolute Gasteiger partial charge is 0.224 e. The molecule has 0 fully saturated rings. The average Bonchev–Trinajstić information content (AvgIpc) is 2.51. The summed E-state index contributed by atoms with van der Waals surface area (Å²) in [6, 6.07) is 7.28. The molecule has 0 aliphatic heterocycles. The largest absolute Gasteiger partial charge is 0.399 e. The predicted molar refractivity (Wildman–Crippen MR) is 95.9 cm³/mol. The van der Waals surface area contributed by atoms with Crippen molar-refractivity contribution in [1.29, 1.82) is 0 Å². The van der Waals surface area contributed by atoms with E-state index >= 15 is 0 Å². The van der Waals surface area contributed by atoms with Gasteiger partial charge in [-0.25, -0.2) is 0 Å². The molecule has 0 spiro atoms. The molecule has 1 aromatic rings. The molecule has 1 aromatic carbocycles. The van der Waals surface area contributed by atoms with Gasteiger partial charge in [-0.3, -0.25) is 4.79 Å². The number of nitrogens with one attached hydrogen (secondary N) is 1. The zero-order chi connectivity index (χ0) is 16.0. The number of nitrogen functional groups attached to an aromatic ring is 1. The number of rotatable bonds is 12. The van der Waals surface area contributed by atoms with E-state index in [0.29, 0.717) is 12.1 Å². The van der Waals surface area contributed by atoms with Gasteiger partial charge >= 0.3 is 0 Å². The van der Waals surface area contributed by atoms with Crippen molar-refractivity contribution in [3.63, 3.8) is 0 Å². The molecule has 0 saturated heterocycles. The summed E-state index contributed by atoms with van der Waals surface area (Å²) in [5.41, 5.74) is 7.16. The second kappa shape index (κ2) is 12.1. The van der Waals surface area contributed by atoms with Crippen LogP contribution in [0.5, 0.6) is 0 Å². The fraction of sp³-hybridized carbons (Fsp3) is 0.632. The number of hydrogen-bond donors (Lipinski definition) is 2. The van der Waals surface area contributed by atoms with E-state index in [0.717, 1.165) is 18.5 Å². The third kappa shape index (κ3) is 9.43. The van der Waals surface area contributed by atoms with Gasteiger partial charge in [-0.2, -0.15) is 0 Å². The molecule has 0 aliphatic carbocycles. The van der Waals surface area contributed by atoms with Gasteiger partial charge in [0.15, 0.2) is 0 Å². The van der Waals surface area contributed by atoms with Crippen LogP contribution in [0, 0.1) is 0 Å². The Morgan fingerprint density at radius 3 is 1.91 bits per heavy atom. The molecule has 3 nitrogen and oxygen atoms in total. The lowest BCUT2D eigenvalue weighted by Crippen LogP contribution is -2.10. The molecule has 22 heavy (non-hydrogen) atoms. The molecular weight excluding hydrogens is 272 g/mol. The molecule has 0 atom stereocenters. The van der Waals surface area contributed by atoms with Crippen LogP contribution in [0.2, 0.25) is 0 Å². The van der Waals surface area contributed by atoms with E-state index in [-0.39, 0.29) is 5.91 Å². The Balaban J connectivity index is 1.93. The summed E-state index contributed by atoms with van der Waals surface area (Å²) in [6.07, 6.45) is 13.5. The van der Waals surface area contributed by atoms with Gasteiger partial charge in [0.1, 0.15) is 0 Å². The van der Waals surface area contributed by atoms with Crippen LogP contribution in [0.1, 0.15) is 77.6 Å². The van der Waals surface area contributed by atoms with Crippen LogP contribution in [0.25, 0.3) is 0 Å². The summed E-state index contributed by atoms with van der Waals surface area (Å²) in [7, 11) is 0. The Hall–Kier alpha value is -1.51. The fourth-order valence-electron chi connectivity index (χ4n) is 2.56. The summed E-state index contributed by atoms with van der Waals surface area (Å²) in [4.78, 5) is 11.8. The number of anilines is 2. The molecule has 124 valence electrons. The maximum Gasteiger partial charge on any atom is 0.224 e. The van der Waals surface area contributed by atoms with Crippen LogP contribution in [-0.2, 0) is 4.79 Å². The minimum Gasteiger partial charge on any atom is -0.399 e. The van der Waals surface area contributed by atoms with Crippen molar-refractivity contribution in [2.45, 2.75) is 77.6 Å². The minimum absolute atomic E-state index is 0.101. The molecule has 0 saturated carbocycles. The van der Waals surface area contributed by atoms with E-state index < -0.39 is 0 Å². The van der Waals surface area contributed by atoms with Gasteiger partial charge in [-0.15, -0.1) is 0 Å². The second-order valence-electron chi connectivity index (χ2n) is 6.10. The zero-order valence-corrected chi connectivity index (χ0v) is 14.1. The number of nitrogens with two attached hydrogens (primary N) is 1. The maximum absolute atomic E-state index is 11.8. The van der Waals surface area contributed by atoms with Gasteiger partial charge in [-0.1, -0.05) is 64.7 Å². The Labute approximate surface area is 135 Å². The first-order valence-corrected chi connectivity index (χ1v) is 8.87. The maximum atomic E-state index is 11.8. The summed E-state index contributed by atoms with van der Waals surface area (Å²) in [6.45, 7) is 2.25. The van der Waals surface area contributed by atoms with Gasteiger partial charge < -0.3 is 11.1 Å². The Kier molecular flexibility index (Phi) is 10.2. The second-order valence-corrected chi connectivity index (χ2v) is 6.10. The normalized spacial score (nSPS) is 10.6. The van der Waals surface area contributed by atoms with Crippen LogP contribution >= 0.6 is 0 Å². The van der Waals surface area contributed by atoms with Gasteiger partial charge in [0.25, 0.3) is 0 Å². The molecular formula is C19H32N2O. The van der Waals surface area contributed by atoms with E-state index in [4.69, 9.17) is 5.73 Å². The number of carbonyl (C=O) groups is 1. The minimum atomic E-state index is 0.101. The highest BCUT2D eigenvalue weighted by Crippen LogP contribution is 2.13. The lowest BCUT2D eigenvalue weighted by molar-refractivity contribution is -0.116. The van der Waals surface area contributed by atoms with Gasteiger partial charge in [0.05, 0.1) is 0 Å². The number of hydrogen-bond acceptors (Lipinski definition) is 2. The van der Waals surface area contributed by atoms with Crippen LogP contribution in [0.4, 0.5) is 11.4 Å². The number of unbranched alkanes of at least 4 members (excludes halogenated alkanes) is 9. The summed E-state index contributed by atoms with van der Waals surface area (Å²) < 4.78 is 0. The van der Waals surface area contributed by atoms with E-state index in [1.807, 2.05) is 12.1 Å². The molecule has 1 amide bonds. The molecule has 3 N–H and O–H groups in total. The van der Waals surface area contributed by atoms with Crippen LogP contribution < -0.4 is 11.1 Å². The lowest BCUT2D eigenvalue weighted by Gasteiger charge is -2.05. The Morgan fingerprint density at radius 1 is 0.864 bits per heavy atom. The lowest BCUT2D eigenvalue weighted by atomic mass is 10.1. The number of benzene rings is 1. The van der Waals surface area contributed by atoms with Gasteiger partial charge in [0, 0.05) is 17.8 Å². The summed E-state index contributed by atoms with van der Waals surface area (Å²) >= 11 is 0. The number of amides is 1. The SMILES string of the molecule is CCCCCCCCCCCCC(=O)Nc1ccc(N)cc1. The van der Waals surface area contributed by atoms with Gasteiger partial charge in [0.2, 0.25) is 5.91 Å². The highest BCUT2D eigenvalue weighted by atomic mass is 16.1. The molecule has 3 heteroatoms. The molecule has 1 rings (SSSR count). The molecule has 0 aliphatic rings. The van der Waals surface area contributed by atoms with Crippen molar-refractivity contribution < 1.29 is 4.79 Å². The van der Waals surface area contributed by atoms with E-state index in [1.54, 1.807) is 12.1 Å². The molecule has 0 heterocycles. The van der Waals surface area contributed by atoms with E-state index in [1.165, 1.54) is 51.4 Å². The third-order valence-corrected chi connectivity index (χ3v) is 3.95. The topological polar surface area (TPSA) is 55.1 Å². The first-order valence-electron chi connectivity index (χ1n) is 8.87. The van der Waals surface area contributed by atoms with Gasteiger partial charge in [-0.05, 0) is 30.7 Å². The molecule has 0 aromatic heterocycles. The van der Waals surface area contributed by atoms with Crippen molar-refractivity contribution in [2.75, 3.05) is 11.1 Å². The van der Waals surface area contributed by atoms with Crippen LogP contribution in [0.3, 0.4) is 0 Å². The predicted octanol–water partition coefficient (Wildman–Crippen LogP) is 5.52. The molecule has 0 bridgehead atoms. The summed E-state index contributed by atoms with van der Waals surface area (Å²) in [5.74, 6) is 0.101. The highest BCUT2D eigenvalue weighted by molar-refractivity contribution is 5.90. The fourth-order valence-corrected chi connectivity index (χ4v) is 2.56. The quantitative estimate of drug-likeness (QED) is 0.394. The third-order valence-electron chi connectivity index (χ3n) is 3.95. The Bertz CT molecular complexity index is 400. The Morgan fingerprint density at radius 2 is 1.36 bits per heavy atom. The van der Waals surface area contributed by atoms with E-state index in [2.05, 4.69) is 12.2 Å². The molecule has 0 unspecified atom stereocenters. The van der Waals surface area contributed by atoms with Crippen molar-refractivity contribution >= 4 is 17.3 Å². The van der Waals surface area contributed by atoms with Crippen molar-refractivity contribution in [3.05, 3.63) is 24.3 Å². The first-order chi connectivity index (χ1) is 10.7. The monoisotopic (exact) mass is 304 g/mol. The van der Waals surface area contributed by atoms with Crippen molar-refractivity contribution in [2.24, 2.45) is 0 Å². The van der Waals surface area contributed by atoms with E-state index in [9.17, 15) is 4.79 Å². The van der Waals surface area contributed by atoms with Crippen LogP contribution in [0.15, 0.2) is 24.3 Å². The number of carbonyl (C=O) groups excluding carboxylic acids is 1. The average molecular weight is 304 g/mol. The summed E-state index contributed by atoms with van der Waals surface area (Å²) in [5, 5.41) is 2.91.